The normalized spacial score (nSPS) is 15.9. The molecule has 0 radical (unpaired) electrons. The van der Waals surface area contributed by atoms with E-state index in [1.807, 2.05) is 24.4 Å². The van der Waals surface area contributed by atoms with Crippen LogP contribution in [0.15, 0.2) is 42.6 Å². The molecule has 0 N–H and O–H groups in total. The highest BCUT2D eigenvalue weighted by Gasteiger charge is 2.22. The van der Waals surface area contributed by atoms with E-state index >= 15 is 0 Å². The SMILES string of the molecule is COc1ccc(-c2nc3ncccc3n2C2CCCCC2)cc1. The molecular weight excluding hydrogens is 286 g/mol. The van der Waals surface area contributed by atoms with E-state index in [0.29, 0.717) is 6.04 Å². The maximum atomic E-state index is 5.27. The Balaban J connectivity index is 1.86. The first-order chi connectivity index (χ1) is 11.4. The van der Waals surface area contributed by atoms with E-state index in [1.165, 1.54) is 32.1 Å². The van der Waals surface area contributed by atoms with Crippen molar-refractivity contribution in [1.82, 2.24) is 14.5 Å². The van der Waals surface area contributed by atoms with Crippen molar-refractivity contribution in [3.8, 4) is 17.1 Å². The number of rotatable bonds is 3. The molecule has 23 heavy (non-hydrogen) atoms. The van der Waals surface area contributed by atoms with Gasteiger partial charge in [-0.15, -0.1) is 0 Å². The predicted octanol–water partition coefficient (Wildman–Crippen LogP) is 4.61. The van der Waals surface area contributed by atoms with Gasteiger partial charge in [0.05, 0.1) is 12.6 Å². The van der Waals surface area contributed by atoms with Gasteiger partial charge in [-0.25, -0.2) is 9.97 Å². The molecule has 4 rings (SSSR count). The number of ether oxygens (including phenoxy) is 1. The Morgan fingerprint density at radius 2 is 1.83 bits per heavy atom. The summed E-state index contributed by atoms with van der Waals surface area (Å²) in [5.41, 5.74) is 3.10. The Morgan fingerprint density at radius 3 is 2.57 bits per heavy atom. The third-order valence-electron chi connectivity index (χ3n) is 4.75. The lowest BCUT2D eigenvalue weighted by Crippen LogP contribution is -2.13. The number of fused-ring (bicyclic) bond motifs is 1. The number of nitrogens with zero attached hydrogens (tertiary/aromatic N) is 3. The second-order valence-electron chi connectivity index (χ2n) is 6.17. The van der Waals surface area contributed by atoms with E-state index in [2.05, 4.69) is 27.8 Å². The summed E-state index contributed by atoms with van der Waals surface area (Å²) in [7, 11) is 1.69. The smallest absolute Gasteiger partial charge is 0.178 e. The molecule has 2 aromatic heterocycles. The molecule has 1 aromatic carbocycles. The van der Waals surface area contributed by atoms with Crippen LogP contribution in [-0.2, 0) is 0 Å². The molecule has 0 bridgehead atoms. The standard InChI is InChI=1S/C19H21N3O/c1-23-16-11-9-14(10-12-16)19-21-18-17(8-5-13-20-18)22(19)15-6-3-2-4-7-15/h5,8-13,15H,2-4,6-7H2,1H3. The molecule has 1 fully saturated rings. The first-order valence-electron chi connectivity index (χ1n) is 8.34. The fraction of sp³-hybridized carbons (Fsp3) is 0.368. The lowest BCUT2D eigenvalue weighted by Gasteiger charge is -2.25. The van der Waals surface area contributed by atoms with E-state index in [4.69, 9.17) is 9.72 Å². The summed E-state index contributed by atoms with van der Waals surface area (Å²) < 4.78 is 7.68. The van der Waals surface area contributed by atoms with E-state index < -0.39 is 0 Å². The Labute approximate surface area is 136 Å². The fourth-order valence-electron chi connectivity index (χ4n) is 3.58. The Kier molecular flexibility index (Phi) is 3.74. The molecule has 0 atom stereocenters. The summed E-state index contributed by atoms with van der Waals surface area (Å²) in [4.78, 5) is 9.28. The van der Waals surface area contributed by atoms with Gasteiger partial charge in [-0.3, -0.25) is 0 Å². The number of pyridine rings is 1. The van der Waals surface area contributed by atoms with Crippen molar-refractivity contribution in [2.45, 2.75) is 38.1 Å². The molecule has 118 valence electrons. The van der Waals surface area contributed by atoms with E-state index in [-0.39, 0.29) is 0 Å². The summed E-state index contributed by atoms with van der Waals surface area (Å²) in [5, 5.41) is 0. The molecule has 1 saturated carbocycles. The molecule has 2 heterocycles. The van der Waals surface area contributed by atoms with Crippen molar-refractivity contribution in [2.24, 2.45) is 0 Å². The minimum absolute atomic E-state index is 0.523. The lowest BCUT2D eigenvalue weighted by molar-refractivity contribution is 0.362. The molecule has 0 unspecified atom stereocenters. The first kappa shape index (κ1) is 14.2. The number of hydrogen-bond donors (Lipinski definition) is 0. The summed E-state index contributed by atoms with van der Waals surface area (Å²) >= 11 is 0. The highest BCUT2D eigenvalue weighted by Crippen LogP contribution is 2.35. The summed E-state index contributed by atoms with van der Waals surface area (Å²) in [6.45, 7) is 0. The highest BCUT2D eigenvalue weighted by molar-refractivity contribution is 5.77. The van der Waals surface area contributed by atoms with Gasteiger partial charge in [0.2, 0.25) is 0 Å². The molecule has 0 saturated heterocycles. The van der Waals surface area contributed by atoms with Crippen LogP contribution in [0.2, 0.25) is 0 Å². The zero-order valence-electron chi connectivity index (χ0n) is 13.4. The Morgan fingerprint density at radius 1 is 1.04 bits per heavy atom. The van der Waals surface area contributed by atoms with Crippen molar-refractivity contribution in [1.29, 1.82) is 0 Å². The van der Waals surface area contributed by atoms with Crippen molar-refractivity contribution < 1.29 is 4.74 Å². The van der Waals surface area contributed by atoms with E-state index in [0.717, 1.165) is 28.3 Å². The first-order valence-corrected chi connectivity index (χ1v) is 8.34. The van der Waals surface area contributed by atoms with E-state index in [1.54, 1.807) is 7.11 Å². The van der Waals surface area contributed by atoms with Crippen LogP contribution in [0.1, 0.15) is 38.1 Å². The van der Waals surface area contributed by atoms with Gasteiger partial charge in [0.1, 0.15) is 11.6 Å². The molecule has 3 aromatic rings. The summed E-state index contributed by atoms with van der Waals surface area (Å²) in [6, 6.07) is 12.8. The van der Waals surface area contributed by atoms with Gasteiger partial charge in [0, 0.05) is 17.8 Å². The van der Waals surface area contributed by atoms with Crippen LogP contribution in [0, 0.1) is 0 Å². The van der Waals surface area contributed by atoms with Gasteiger partial charge in [0.15, 0.2) is 5.65 Å². The number of hydrogen-bond acceptors (Lipinski definition) is 3. The molecule has 0 amide bonds. The number of imidazole rings is 1. The van der Waals surface area contributed by atoms with Crippen molar-refractivity contribution in [3.05, 3.63) is 42.6 Å². The third-order valence-corrected chi connectivity index (χ3v) is 4.75. The highest BCUT2D eigenvalue weighted by atomic mass is 16.5. The van der Waals surface area contributed by atoms with Crippen LogP contribution < -0.4 is 4.74 Å². The fourth-order valence-corrected chi connectivity index (χ4v) is 3.58. The largest absolute Gasteiger partial charge is 0.497 e. The predicted molar refractivity (Wildman–Crippen MR) is 91.6 cm³/mol. The van der Waals surface area contributed by atoms with Crippen molar-refractivity contribution in [3.63, 3.8) is 0 Å². The number of methoxy groups -OCH3 is 1. The van der Waals surface area contributed by atoms with Crippen molar-refractivity contribution >= 4 is 11.2 Å². The van der Waals surface area contributed by atoms with Crippen LogP contribution >= 0.6 is 0 Å². The Bertz CT molecular complexity index is 801. The molecule has 0 spiro atoms. The molecule has 0 aliphatic heterocycles. The van der Waals surface area contributed by atoms with Gasteiger partial charge in [-0.2, -0.15) is 0 Å². The number of aromatic nitrogens is 3. The van der Waals surface area contributed by atoms with Crippen LogP contribution in [0.25, 0.3) is 22.6 Å². The van der Waals surface area contributed by atoms with Crippen LogP contribution in [-0.4, -0.2) is 21.6 Å². The average molecular weight is 307 g/mol. The zero-order chi connectivity index (χ0) is 15.6. The number of benzene rings is 1. The minimum Gasteiger partial charge on any atom is -0.497 e. The molecule has 1 aliphatic rings. The second-order valence-corrected chi connectivity index (χ2v) is 6.17. The second kappa shape index (κ2) is 6.03. The quantitative estimate of drug-likeness (QED) is 0.709. The minimum atomic E-state index is 0.523. The summed E-state index contributed by atoms with van der Waals surface area (Å²) in [6.07, 6.45) is 8.21. The van der Waals surface area contributed by atoms with Crippen LogP contribution in [0.5, 0.6) is 5.75 Å². The average Bonchev–Trinajstić information content (AvgIpc) is 3.02. The van der Waals surface area contributed by atoms with Crippen LogP contribution in [0.3, 0.4) is 0 Å². The van der Waals surface area contributed by atoms with Crippen molar-refractivity contribution in [2.75, 3.05) is 7.11 Å². The van der Waals surface area contributed by atoms with Gasteiger partial charge in [0.25, 0.3) is 0 Å². The summed E-state index contributed by atoms with van der Waals surface area (Å²) in [5.74, 6) is 1.89. The van der Waals surface area contributed by atoms with Gasteiger partial charge in [-0.1, -0.05) is 19.3 Å². The molecule has 4 heteroatoms. The van der Waals surface area contributed by atoms with Crippen LogP contribution in [0.4, 0.5) is 0 Å². The topological polar surface area (TPSA) is 39.9 Å². The van der Waals surface area contributed by atoms with Gasteiger partial charge >= 0.3 is 0 Å². The van der Waals surface area contributed by atoms with E-state index in [9.17, 15) is 0 Å². The maximum Gasteiger partial charge on any atom is 0.178 e. The van der Waals surface area contributed by atoms with Gasteiger partial charge in [-0.05, 0) is 49.2 Å². The third kappa shape index (κ3) is 2.58. The maximum absolute atomic E-state index is 5.27. The Hall–Kier alpha value is -2.36. The molecule has 4 nitrogen and oxygen atoms in total. The van der Waals surface area contributed by atoms with Gasteiger partial charge < -0.3 is 9.30 Å². The zero-order valence-corrected chi connectivity index (χ0v) is 13.4. The molecular formula is C19H21N3O. The monoisotopic (exact) mass is 307 g/mol. The lowest BCUT2D eigenvalue weighted by atomic mass is 9.95. The molecule has 1 aliphatic carbocycles.